The van der Waals surface area contributed by atoms with E-state index in [2.05, 4.69) is 5.32 Å². The van der Waals surface area contributed by atoms with Gasteiger partial charge in [-0.3, -0.25) is 9.10 Å². The molecule has 3 rings (SSSR count). The molecule has 8 heteroatoms. The molecule has 0 radical (unpaired) electrons. The Morgan fingerprint density at radius 1 is 1.00 bits per heavy atom. The number of hydrogen-bond donors (Lipinski definition) is 1. The fourth-order valence-corrected chi connectivity index (χ4v) is 5.23. The number of thioether (sulfide) groups is 1. The lowest BCUT2D eigenvalue weighted by molar-refractivity contribution is -0.123. The van der Waals surface area contributed by atoms with Crippen LogP contribution in [0, 0.1) is 0 Å². The van der Waals surface area contributed by atoms with Gasteiger partial charge in [0.25, 0.3) is 15.9 Å². The molecule has 0 aliphatic rings. The predicted molar refractivity (Wildman–Crippen MR) is 133 cm³/mol. The van der Waals surface area contributed by atoms with Crippen LogP contribution in [0.25, 0.3) is 0 Å². The van der Waals surface area contributed by atoms with E-state index < -0.39 is 10.0 Å². The van der Waals surface area contributed by atoms with Crippen molar-refractivity contribution in [3.63, 3.8) is 0 Å². The SMILES string of the molecule is CCN(c1ccc(OCC(=O)N[C@@H](C)c2ccc(SC)cc2)cc1)S(=O)(=O)c1ccccc1. The fourth-order valence-electron chi connectivity index (χ4n) is 3.33. The first-order valence-corrected chi connectivity index (χ1v) is 13.3. The van der Waals surface area contributed by atoms with Crippen molar-refractivity contribution in [3.05, 3.63) is 84.4 Å². The van der Waals surface area contributed by atoms with Crippen LogP contribution in [0.3, 0.4) is 0 Å². The van der Waals surface area contributed by atoms with Gasteiger partial charge in [-0.15, -0.1) is 11.8 Å². The number of nitrogens with zero attached hydrogens (tertiary/aromatic N) is 1. The minimum Gasteiger partial charge on any atom is -0.484 e. The molecule has 1 N–H and O–H groups in total. The first-order chi connectivity index (χ1) is 15.8. The molecule has 0 fully saturated rings. The summed E-state index contributed by atoms with van der Waals surface area (Å²) < 4.78 is 32.9. The first-order valence-electron chi connectivity index (χ1n) is 10.6. The Morgan fingerprint density at radius 3 is 2.21 bits per heavy atom. The molecular formula is C25H28N2O4S2. The van der Waals surface area contributed by atoms with Gasteiger partial charge in [0.15, 0.2) is 6.61 Å². The summed E-state index contributed by atoms with van der Waals surface area (Å²) in [5, 5.41) is 2.92. The summed E-state index contributed by atoms with van der Waals surface area (Å²) in [4.78, 5) is 13.7. The van der Waals surface area contributed by atoms with Crippen molar-refractivity contribution < 1.29 is 17.9 Å². The molecule has 0 saturated heterocycles. The normalized spacial score (nSPS) is 12.1. The number of amides is 1. The average molecular weight is 485 g/mol. The van der Waals surface area contributed by atoms with Crippen LogP contribution in [0.5, 0.6) is 5.75 Å². The van der Waals surface area contributed by atoms with E-state index in [0.29, 0.717) is 11.4 Å². The van der Waals surface area contributed by atoms with Gasteiger partial charge >= 0.3 is 0 Å². The van der Waals surface area contributed by atoms with Gasteiger partial charge in [-0.1, -0.05) is 30.3 Å². The van der Waals surface area contributed by atoms with E-state index in [4.69, 9.17) is 4.74 Å². The summed E-state index contributed by atoms with van der Waals surface area (Å²) in [7, 11) is -3.66. The molecule has 1 amide bonds. The molecule has 0 unspecified atom stereocenters. The zero-order valence-corrected chi connectivity index (χ0v) is 20.5. The molecule has 0 aliphatic heterocycles. The molecule has 174 valence electrons. The third-order valence-electron chi connectivity index (χ3n) is 5.11. The standard InChI is InChI=1S/C25H28N2O4S2/c1-4-27(33(29,30)24-8-6-5-7-9-24)21-12-14-22(15-13-21)31-18-25(28)26-19(2)20-10-16-23(32-3)17-11-20/h5-17,19H,4,18H2,1-3H3,(H,26,28)/t19-/m0/s1. The lowest BCUT2D eigenvalue weighted by Crippen LogP contribution is -2.31. The maximum atomic E-state index is 13.0. The van der Waals surface area contributed by atoms with E-state index in [0.717, 1.165) is 5.56 Å². The summed E-state index contributed by atoms with van der Waals surface area (Å²) in [6.07, 6.45) is 2.02. The van der Waals surface area contributed by atoms with E-state index >= 15 is 0 Å². The van der Waals surface area contributed by atoms with Crippen LogP contribution in [0.1, 0.15) is 25.5 Å². The maximum absolute atomic E-state index is 13.0. The van der Waals surface area contributed by atoms with Crippen molar-refractivity contribution in [1.29, 1.82) is 0 Å². The molecule has 0 aliphatic carbocycles. The highest BCUT2D eigenvalue weighted by molar-refractivity contribution is 7.98. The van der Waals surface area contributed by atoms with Crippen molar-refractivity contribution in [2.75, 3.05) is 23.7 Å². The molecule has 3 aromatic carbocycles. The number of sulfonamides is 1. The topological polar surface area (TPSA) is 75.7 Å². The monoisotopic (exact) mass is 484 g/mol. The number of rotatable bonds is 10. The largest absolute Gasteiger partial charge is 0.484 e. The highest BCUT2D eigenvalue weighted by atomic mass is 32.2. The summed E-state index contributed by atoms with van der Waals surface area (Å²) in [5.41, 5.74) is 1.55. The van der Waals surface area contributed by atoms with Gasteiger partial charge in [0.2, 0.25) is 0 Å². The number of hydrogen-bond acceptors (Lipinski definition) is 5. The number of carbonyl (C=O) groups excluding carboxylic acids is 1. The Hall–Kier alpha value is -2.97. The maximum Gasteiger partial charge on any atom is 0.264 e. The number of ether oxygens (including phenoxy) is 1. The second-order valence-electron chi connectivity index (χ2n) is 7.33. The lowest BCUT2D eigenvalue weighted by atomic mass is 10.1. The van der Waals surface area contributed by atoms with Gasteiger partial charge in [-0.05, 0) is 74.2 Å². The smallest absolute Gasteiger partial charge is 0.264 e. The van der Waals surface area contributed by atoms with Gasteiger partial charge in [0.05, 0.1) is 16.6 Å². The van der Waals surface area contributed by atoms with Crippen molar-refractivity contribution in [1.82, 2.24) is 5.32 Å². The second kappa shape index (κ2) is 11.2. The van der Waals surface area contributed by atoms with Crippen molar-refractivity contribution in [2.45, 2.75) is 29.7 Å². The van der Waals surface area contributed by atoms with Gasteiger partial charge in [-0.2, -0.15) is 0 Å². The summed E-state index contributed by atoms with van der Waals surface area (Å²) in [6, 6.07) is 22.9. The molecule has 0 saturated carbocycles. The molecule has 6 nitrogen and oxygen atoms in total. The number of nitrogens with one attached hydrogen (secondary N) is 1. The Morgan fingerprint density at radius 2 is 1.64 bits per heavy atom. The van der Waals surface area contributed by atoms with Crippen molar-refractivity contribution in [3.8, 4) is 5.75 Å². The lowest BCUT2D eigenvalue weighted by Gasteiger charge is -2.23. The number of anilines is 1. The minimum absolute atomic E-state index is 0.133. The number of benzene rings is 3. The van der Waals surface area contributed by atoms with Crippen LogP contribution in [0.2, 0.25) is 0 Å². The predicted octanol–water partition coefficient (Wildman–Crippen LogP) is 4.88. The molecule has 0 aromatic heterocycles. The second-order valence-corrected chi connectivity index (χ2v) is 10.1. The van der Waals surface area contributed by atoms with E-state index in [9.17, 15) is 13.2 Å². The Labute approximate surface area is 200 Å². The summed E-state index contributed by atoms with van der Waals surface area (Å²) in [5.74, 6) is 0.251. The van der Waals surface area contributed by atoms with Crippen LogP contribution in [-0.2, 0) is 14.8 Å². The molecule has 0 spiro atoms. The van der Waals surface area contributed by atoms with Crippen LogP contribution >= 0.6 is 11.8 Å². The van der Waals surface area contributed by atoms with Gasteiger partial charge in [0.1, 0.15) is 5.75 Å². The van der Waals surface area contributed by atoms with Gasteiger partial charge < -0.3 is 10.1 Å². The Bertz CT molecular complexity index is 1150. The minimum atomic E-state index is -3.66. The third-order valence-corrected chi connectivity index (χ3v) is 7.77. The molecule has 0 bridgehead atoms. The fraction of sp³-hybridized carbons (Fsp3) is 0.240. The molecule has 1 atom stereocenters. The summed E-state index contributed by atoms with van der Waals surface area (Å²) >= 11 is 1.67. The van der Waals surface area contributed by atoms with E-state index in [-0.39, 0.29) is 30.0 Å². The van der Waals surface area contributed by atoms with E-state index in [1.165, 1.54) is 9.20 Å². The van der Waals surface area contributed by atoms with Crippen molar-refractivity contribution >= 4 is 33.4 Å². The average Bonchev–Trinajstić information content (AvgIpc) is 2.84. The Kier molecular flexibility index (Phi) is 8.41. The highest BCUT2D eigenvalue weighted by Crippen LogP contribution is 2.25. The molecule has 3 aromatic rings. The van der Waals surface area contributed by atoms with Crippen LogP contribution in [0.15, 0.2) is 88.7 Å². The van der Waals surface area contributed by atoms with Gasteiger partial charge in [0, 0.05) is 11.4 Å². The zero-order valence-electron chi connectivity index (χ0n) is 18.9. The Balaban J connectivity index is 1.59. The van der Waals surface area contributed by atoms with Crippen LogP contribution in [0.4, 0.5) is 5.69 Å². The quantitative estimate of drug-likeness (QED) is 0.415. The summed E-state index contributed by atoms with van der Waals surface area (Å²) in [6.45, 7) is 3.86. The molecular weight excluding hydrogens is 456 g/mol. The van der Waals surface area contributed by atoms with Gasteiger partial charge in [-0.25, -0.2) is 8.42 Å². The van der Waals surface area contributed by atoms with Crippen molar-refractivity contribution in [2.24, 2.45) is 0 Å². The molecule has 0 heterocycles. The van der Waals surface area contributed by atoms with Crippen LogP contribution < -0.4 is 14.4 Å². The van der Waals surface area contributed by atoms with Crippen LogP contribution in [-0.4, -0.2) is 33.7 Å². The van der Waals surface area contributed by atoms with E-state index in [1.54, 1.807) is 73.3 Å². The highest BCUT2D eigenvalue weighted by Gasteiger charge is 2.23. The first kappa shape index (κ1) is 24.7. The van der Waals surface area contributed by atoms with E-state index in [1.807, 2.05) is 37.4 Å². The number of carbonyl (C=O) groups is 1. The third kappa shape index (κ3) is 6.30. The zero-order chi connectivity index (χ0) is 23.8. The molecule has 33 heavy (non-hydrogen) atoms.